The van der Waals surface area contributed by atoms with Crippen molar-refractivity contribution in [3.63, 3.8) is 0 Å². The van der Waals surface area contributed by atoms with Gasteiger partial charge in [-0.1, -0.05) is 23.7 Å². The predicted molar refractivity (Wildman–Crippen MR) is 111 cm³/mol. The summed E-state index contributed by atoms with van der Waals surface area (Å²) >= 11 is 6.13. The normalized spacial score (nSPS) is 27.4. The molecule has 1 saturated heterocycles. The van der Waals surface area contributed by atoms with Crippen molar-refractivity contribution in [1.82, 2.24) is 0 Å². The van der Waals surface area contributed by atoms with Crippen LogP contribution >= 0.6 is 11.6 Å². The molecule has 2 bridgehead atoms. The predicted octanol–water partition coefficient (Wildman–Crippen LogP) is 4.44. The fourth-order valence-corrected chi connectivity index (χ4v) is 5.56. The second-order valence-electron chi connectivity index (χ2n) is 8.31. The minimum atomic E-state index is -0.309. The Bertz CT molecular complexity index is 1020. The van der Waals surface area contributed by atoms with Gasteiger partial charge in [0.2, 0.25) is 11.8 Å². The Kier molecular flexibility index (Phi) is 4.24. The van der Waals surface area contributed by atoms with Gasteiger partial charge in [-0.05, 0) is 73.9 Å². The highest BCUT2D eigenvalue weighted by Crippen LogP contribution is 2.56. The molecule has 29 heavy (non-hydrogen) atoms. The Hall–Kier alpha value is -2.66. The second kappa shape index (κ2) is 6.70. The number of hydrogen-bond acceptors (Lipinski definition) is 3. The van der Waals surface area contributed by atoms with Crippen molar-refractivity contribution in [2.24, 2.45) is 23.7 Å². The van der Waals surface area contributed by atoms with Crippen molar-refractivity contribution >= 4 is 40.7 Å². The van der Waals surface area contributed by atoms with Crippen LogP contribution in [0.3, 0.4) is 0 Å². The van der Waals surface area contributed by atoms with Crippen LogP contribution in [0.4, 0.5) is 11.4 Å². The van der Waals surface area contributed by atoms with Crippen LogP contribution in [-0.2, 0) is 9.59 Å². The molecule has 2 aromatic carbocycles. The van der Waals surface area contributed by atoms with E-state index in [-0.39, 0.29) is 29.6 Å². The molecule has 4 atom stereocenters. The van der Waals surface area contributed by atoms with E-state index in [1.165, 1.54) is 4.90 Å². The molecule has 1 aliphatic heterocycles. The lowest BCUT2D eigenvalue weighted by Crippen LogP contribution is -2.33. The standard InChI is InChI=1S/C23H21ClN2O3/c1-12-17(24)6-3-7-18(12)25-21(27)15-4-2-5-16(11-15)26-22(28)19-13-8-9-14(10-13)20(19)23(26)29/h2-7,11,13-14,19-20H,8-10H2,1H3,(H,25,27)/t13-,14+,19-,20-/m0/s1. The van der Waals surface area contributed by atoms with Gasteiger partial charge in [0.1, 0.15) is 0 Å². The van der Waals surface area contributed by atoms with E-state index in [9.17, 15) is 14.4 Å². The van der Waals surface area contributed by atoms with Crippen LogP contribution in [0.5, 0.6) is 0 Å². The maximum atomic E-state index is 13.0. The van der Waals surface area contributed by atoms with Crippen molar-refractivity contribution in [2.75, 3.05) is 10.2 Å². The van der Waals surface area contributed by atoms with Gasteiger partial charge in [0, 0.05) is 16.3 Å². The molecular formula is C23H21ClN2O3. The zero-order valence-corrected chi connectivity index (χ0v) is 16.8. The number of nitrogens with zero attached hydrogens (tertiary/aromatic N) is 1. The fraction of sp³-hybridized carbons (Fsp3) is 0.348. The number of rotatable bonds is 3. The Morgan fingerprint density at radius 1 is 1.03 bits per heavy atom. The highest BCUT2D eigenvalue weighted by atomic mass is 35.5. The molecule has 0 spiro atoms. The van der Waals surface area contributed by atoms with Crippen molar-refractivity contribution < 1.29 is 14.4 Å². The van der Waals surface area contributed by atoms with Gasteiger partial charge in [-0.2, -0.15) is 0 Å². The van der Waals surface area contributed by atoms with Crippen LogP contribution in [0.25, 0.3) is 0 Å². The van der Waals surface area contributed by atoms with Crippen LogP contribution < -0.4 is 10.2 Å². The number of fused-ring (bicyclic) bond motifs is 5. The Balaban J connectivity index is 1.42. The number of carbonyl (C=O) groups excluding carboxylic acids is 3. The summed E-state index contributed by atoms with van der Waals surface area (Å²) in [4.78, 5) is 40.1. The highest BCUT2D eigenvalue weighted by molar-refractivity contribution is 6.31. The lowest BCUT2D eigenvalue weighted by Gasteiger charge is -2.19. The maximum absolute atomic E-state index is 13.0. The Labute approximate surface area is 174 Å². The van der Waals surface area contributed by atoms with E-state index >= 15 is 0 Å². The van der Waals surface area contributed by atoms with Crippen LogP contribution in [0.15, 0.2) is 42.5 Å². The molecule has 1 heterocycles. The molecule has 0 aromatic heterocycles. The molecule has 148 valence electrons. The largest absolute Gasteiger partial charge is 0.322 e. The van der Waals surface area contributed by atoms with E-state index in [4.69, 9.17) is 11.6 Å². The van der Waals surface area contributed by atoms with Gasteiger partial charge in [0.15, 0.2) is 0 Å². The van der Waals surface area contributed by atoms with Gasteiger partial charge < -0.3 is 5.32 Å². The lowest BCUT2D eigenvalue weighted by atomic mass is 9.81. The zero-order chi connectivity index (χ0) is 20.3. The van der Waals surface area contributed by atoms with E-state index in [2.05, 4.69) is 5.32 Å². The molecular weight excluding hydrogens is 388 g/mol. The van der Waals surface area contributed by atoms with E-state index in [1.54, 1.807) is 42.5 Å². The summed E-state index contributed by atoms with van der Waals surface area (Å²) in [5, 5.41) is 3.43. The minimum absolute atomic E-state index is 0.101. The number of hydrogen-bond donors (Lipinski definition) is 1. The molecule has 2 aromatic rings. The average Bonchev–Trinajstić information content (AvgIpc) is 3.39. The van der Waals surface area contributed by atoms with Crippen molar-refractivity contribution in [3.05, 3.63) is 58.6 Å². The topological polar surface area (TPSA) is 66.5 Å². The third kappa shape index (κ3) is 2.79. The molecule has 5 nitrogen and oxygen atoms in total. The Morgan fingerprint density at radius 3 is 2.38 bits per heavy atom. The van der Waals surface area contributed by atoms with E-state index < -0.39 is 0 Å². The SMILES string of the molecule is Cc1c(Cl)cccc1NC(=O)c1cccc(N2C(=O)[C@H]3[C@@H]4CC[C@@H](C4)[C@@H]3C2=O)c1. The third-order valence-electron chi connectivity index (χ3n) is 6.81. The molecule has 5 rings (SSSR count). The van der Waals surface area contributed by atoms with Crippen molar-refractivity contribution in [3.8, 4) is 0 Å². The number of anilines is 2. The zero-order valence-electron chi connectivity index (χ0n) is 16.0. The van der Waals surface area contributed by atoms with Gasteiger partial charge >= 0.3 is 0 Å². The average molecular weight is 409 g/mol. The van der Waals surface area contributed by atoms with Gasteiger partial charge in [0.05, 0.1) is 17.5 Å². The molecule has 0 radical (unpaired) electrons. The third-order valence-corrected chi connectivity index (χ3v) is 7.22. The molecule has 2 aliphatic carbocycles. The van der Waals surface area contributed by atoms with E-state index in [0.29, 0.717) is 33.8 Å². The molecule has 3 amide bonds. The van der Waals surface area contributed by atoms with Gasteiger partial charge in [0.25, 0.3) is 5.91 Å². The lowest BCUT2D eigenvalue weighted by molar-refractivity contribution is -0.123. The molecule has 2 saturated carbocycles. The quantitative estimate of drug-likeness (QED) is 0.763. The fourth-order valence-electron chi connectivity index (χ4n) is 5.39. The molecule has 0 unspecified atom stereocenters. The molecule has 6 heteroatoms. The van der Waals surface area contributed by atoms with Gasteiger partial charge in [-0.3, -0.25) is 19.3 Å². The summed E-state index contributed by atoms with van der Waals surface area (Å²) in [6.45, 7) is 1.84. The number of amides is 3. The van der Waals surface area contributed by atoms with E-state index in [0.717, 1.165) is 24.8 Å². The summed E-state index contributed by atoms with van der Waals surface area (Å²) in [7, 11) is 0. The molecule has 3 fully saturated rings. The summed E-state index contributed by atoms with van der Waals surface area (Å²) in [5.74, 6) is -0.185. The van der Waals surface area contributed by atoms with Crippen LogP contribution in [-0.4, -0.2) is 17.7 Å². The van der Waals surface area contributed by atoms with Crippen LogP contribution in [0, 0.1) is 30.6 Å². The minimum Gasteiger partial charge on any atom is -0.322 e. The smallest absolute Gasteiger partial charge is 0.255 e. The number of benzene rings is 2. The summed E-state index contributed by atoms with van der Waals surface area (Å²) in [6, 6.07) is 12.0. The van der Waals surface area contributed by atoms with E-state index in [1.807, 2.05) is 6.92 Å². The molecule has 1 N–H and O–H groups in total. The van der Waals surface area contributed by atoms with Gasteiger partial charge in [-0.15, -0.1) is 0 Å². The number of nitrogens with one attached hydrogen (secondary N) is 1. The second-order valence-corrected chi connectivity index (χ2v) is 8.72. The van der Waals surface area contributed by atoms with Crippen molar-refractivity contribution in [1.29, 1.82) is 0 Å². The Morgan fingerprint density at radius 2 is 1.69 bits per heavy atom. The van der Waals surface area contributed by atoms with Gasteiger partial charge in [-0.25, -0.2) is 0 Å². The summed E-state index contributed by atoms with van der Waals surface area (Å²) in [5.41, 5.74) is 2.28. The number of halogens is 1. The van der Waals surface area contributed by atoms with Crippen LogP contribution in [0.1, 0.15) is 35.2 Å². The van der Waals surface area contributed by atoms with Crippen LogP contribution in [0.2, 0.25) is 5.02 Å². The first kappa shape index (κ1) is 18.4. The number of carbonyl (C=O) groups is 3. The first-order valence-electron chi connectivity index (χ1n) is 10.00. The van der Waals surface area contributed by atoms with Crippen molar-refractivity contribution in [2.45, 2.75) is 26.2 Å². The summed E-state index contributed by atoms with van der Waals surface area (Å²) < 4.78 is 0. The maximum Gasteiger partial charge on any atom is 0.255 e. The highest BCUT2D eigenvalue weighted by Gasteiger charge is 2.61. The monoisotopic (exact) mass is 408 g/mol. The number of imide groups is 1. The molecule has 3 aliphatic rings. The first-order chi connectivity index (χ1) is 14.0. The first-order valence-corrected chi connectivity index (χ1v) is 10.4. The summed E-state index contributed by atoms with van der Waals surface area (Å²) in [6.07, 6.45) is 3.09.